The van der Waals surface area contributed by atoms with Crippen LogP contribution in [0, 0.1) is 5.82 Å². The molecule has 0 bridgehead atoms. The maximum Gasteiger partial charge on any atom is 0.276 e. The third-order valence-electron chi connectivity index (χ3n) is 3.45. The molecular formula is C17H13FN4O3. The van der Waals surface area contributed by atoms with Crippen molar-refractivity contribution in [1.29, 1.82) is 0 Å². The second-order valence-corrected chi connectivity index (χ2v) is 5.21. The molecule has 0 aliphatic rings. The van der Waals surface area contributed by atoms with E-state index in [-0.39, 0.29) is 12.0 Å². The molecule has 3 rings (SSSR count). The SMILES string of the molecule is O=C(Cc1ccc(F)cc1)NNC(=O)c1cnc2ccccn2c1=O. The highest BCUT2D eigenvalue weighted by Crippen LogP contribution is 2.03. The molecule has 0 fully saturated rings. The van der Waals surface area contributed by atoms with Crippen molar-refractivity contribution in [2.24, 2.45) is 0 Å². The van der Waals surface area contributed by atoms with Crippen molar-refractivity contribution >= 4 is 17.5 Å². The number of rotatable bonds is 3. The Kier molecular flexibility index (Phi) is 4.51. The van der Waals surface area contributed by atoms with Crippen LogP contribution in [0.4, 0.5) is 4.39 Å². The third-order valence-corrected chi connectivity index (χ3v) is 3.45. The van der Waals surface area contributed by atoms with Crippen LogP contribution < -0.4 is 16.4 Å². The van der Waals surface area contributed by atoms with Gasteiger partial charge in [-0.3, -0.25) is 29.6 Å². The molecule has 2 amide bonds. The molecule has 2 aromatic heterocycles. The Hall–Kier alpha value is -3.55. The molecule has 0 atom stereocenters. The van der Waals surface area contributed by atoms with Crippen LogP contribution in [-0.4, -0.2) is 21.2 Å². The van der Waals surface area contributed by atoms with E-state index < -0.39 is 23.2 Å². The van der Waals surface area contributed by atoms with Gasteiger partial charge in [0.2, 0.25) is 5.91 Å². The summed E-state index contributed by atoms with van der Waals surface area (Å²) in [6.07, 6.45) is 2.60. The van der Waals surface area contributed by atoms with Gasteiger partial charge in [0, 0.05) is 12.4 Å². The molecule has 25 heavy (non-hydrogen) atoms. The molecule has 1 aromatic carbocycles. The van der Waals surface area contributed by atoms with Crippen LogP contribution in [0.5, 0.6) is 0 Å². The lowest BCUT2D eigenvalue weighted by atomic mass is 10.1. The Labute approximate surface area is 141 Å². The van der Waals surface area contributed by atoms with Gasteiger partial charge < -0.3 is 0 Å². The Balaban J connectivity index is 1.66. The molecule has 0 unspecified atom stereocenters. The van der Waals surface area contributed by atoms with Crippen molar-refractivity contribution in [3.63, 3.8) is 0 Å². The van der Waals surface area contributed by atoms with E-state index in [1.807, 2.05) is 0 Å². The van der Waals surface area contributed by atoms with Crippen molar-refractivity contribution in [2.75, 3.05) is 0 Å². The second kappa shape index (κ2) is 6.91. The van der Waals surface area contributed by atoms with Crippen molar-refractivity contribution in [3.8, 4) is 0 Å². The smallest absolute Gasteiger partial charge is 0.273 e. The highest BCUT2D eigenvalue weighted by molar-refractivity contribution is 5.95. The minimum atomic E-state index is -0.775. The van der Waals surface area contributed by atoms with Crippen LogP contribution in [0.3, 0.4) is 0 Å². The molecule has 8 heteroatoms. The lowest BCUT2D eigenvalue weighted by molar-refractivity contribution is -0.121. The van der Waals surface area contributed by atoms with Crippen LogP contribution in [0.2, 0.25) is 0 Å². The summed E-state index contributed by atoms with van der Waals surface area (Å²) >= 11 is 0. The summed E-state index contributed by atoms with van der Waals surface area (Å²) in [6, 6.07) is 10.4. The van der Waals surface area contributed by atoms with Gasteiger partial charge in [-0.2, -0.15) is 0 Å². The number of hydrogen-bond donors (Lipinski definition) is 2. The number of halogens is 1. The van der Waals surface area contributed by atoms with Crippen LogP contribution in [0.25, 0.3) is 5.65 Å². The minimum absolute atomic E-state index is 0.0461. The van der Waals surface area contributed by atoms with Gasteiger partial charge in [0.25, 0.3) is 11.5 Å². The van der Waals surface area contributed by atoms with Gasteiger partial charge in [-0.25, -0.2) is 9.37 Å². The second-order valence-electron chi connectivity index (χ2n) is 5.21. The van der Waals surface area contributed by atoms with Crippen molar-refractivity contribution in [2.45, 2.75) is 6.42 Å². The number of hydrogen-bond acceptors (Lipinski definition) is 4. The fraction of sp³-hybridized carbons (Fsp3) is 0.0588. The average molecular weight is 340 g/mol. The summed E-state index contributed by atoms with van der Waals surface area (Å²) in [5.41, 5.74) is 4.62. The van der Waals surface area contributed by atoms with E-state index in [1.54, 1.807) is 18.2 Å². The first-order valence-electron chi connectivity index (χ1n) is 7.34. The average Bonchev–Trinajstić information content (AvgIpc) is 2.62. The Morgan fingerprint density at radius 3 is 2.60 bits per heavy atom. The molecule has 7 nitrogen and oxygen atoms in total. The molecule has 2 heterocycles. The van der Waals surface area contributed by atoms with Crippen LogP contribution in [-0.2, 0) is 11.2 Å². The maximum atomic E-state index is 12.8. The van der Waals surface area contributed by atoms with Crippen molar-refractivity contribution in [1.82, 2.24) is 20.2 Å². The Morgan fingerprint density at radius 1 is 1.08 bits per heavy atom. The van der Waals surface area contributed by atoms with E-state index in [9.17, 15) is 18.8 Å². The lowest BCUT2D eigenvalue weighted by Crippen LogP contribution is -2.44. The van der Waals surface area contributed by atoms with Crippen LogP contribution in [0.15, 0.2) is 59.7 Å². The van der Waals surface area contributed by atoms with Gasteiger partial charge in [-0.1, -0.05) is 18.2 Å². The van der Waals surface area contributed by atoms with Gasteiger partial charge in [0.1, 0.15) is 17.0 Å². The van der Waals surface area contributed by atoms with Gasteiger partial charge in [-0.05, 0) is 29.8 Å². The topological polar surface area (TPSA) is 92.6 Å². The predicted octanol–water partition coefficient (Wildman–Crippen LogP) is 0.837. The summed E-state index contributed by atoms with van der Waals surface area (Å²) in [6.45, 7) is 0. The Morgan fingerprint density at radius 2 is 1.84 bits per heavy atom. The summed E-state index contributed by atoms with van der Waals surface area (Å²) < 4.78 is 14.1. The molecule has 126 valence electrons. The van der Waals surface area contributed by atoms with Crippen molar-refractivity contribution in [3.05, 3.63) is 82.2 Å². The molecular weight excluding hydrogens is 327 g/mol. The number of nitrogens with zero attached hydrogens (tertiary/aromatic N) is 2. The molecule has 2 N–H and O–H groups in total. The van der Waals surface area contributed by atoms with E-state index in [4.69, 9.17) is 0 Å². The third kappa shape index (κ3) is 3.69. The summed E-state index contributed by atoms with van der Waals surface area (Å²) in [5, 5.41) is 0. The maximum absolute atomic E-state index is 12.8. The minimum Gasteiger partial charge on any atom is -0.273 e. The van der Waals surface area contributed by atoms with E-state index in [2.05, 4.69) is 15.8 Å². The number of fused-ring (bicyclic) bond motifs is 1. The van der Waals surface area contributed by atoms with E-state index in [0.717, 1.165) is 6.20 Å². The van der Waals surface area contributed by atoms with Gasteiger partial charge in [-0.15, -0.1) is 0 Å². The number of benzene rings is 1. The molecule has 0 saturated carbocycles. The Bertz CT molecular complexity index is 999. The largest absolute Gasteiger partial charge is 0.276 e. The fourth-order valence-electron chi connectivity index (χ4n) is 2.21. The number of carbonyl (C=O) groups excluding carboxylic acids is 2. The quantitative estimate of drug-likeness (QED) is 0.691. The van der Waals surface area contributed by atoms with Crippen LogP contribution >= 0.6 is 0 Å². The highest BCUT2D eigenvalue weighted by atomic mass is 19.1. The normalized spacial score (nSPS) is 10.4. The summed E-state index contributed by atoms with van der Waals surface area (Å²) in [4.78, 5) is 40.2. The van der Waals surface area contributed by atoms with Gasteiger partial charge in [0.15, 0.2) is 0 Å². The number of hydrazine groups is 1. The molecule has 0 spiro atoms. The number of pyridine rings is 1. The van der Waals surface area contributed by atoms with Gasteiger partial charge >= 0.3 is 0 Å². The van der Waals surface area contributed by atoms with E-state index in [1.165, 1.54) is 34.9 Å². The van der Waals surface area contributed by atoms with Gasteiger partial charge in [0.05, 0.1) is 6.42 Å². The molecule has 0 radical (unpaired) electrons. The zero-order valence-corrected chi connectivity index (χ0v) is 12.9. The first-order valence-corrected chi connectivity index (χ1v) is 7.34. The first kappa shape index (κ1) is 16.3. The number of nitrogens with one attached hydrogen (secondary N) is 2. The van der Waals surface area contributed by atoms with E-state index >= 15 is 0 Å². The number of aromatic nitrogens is 2. The van der Waals surface area contributed by atoms with Crippen LogP contribution in [0.1, 0.15) is 15.9 Å². The lowest BCUT2D eigenvalue weighted by Gasteiger charge is -2.08. The number of carbonyl (C=O) groups is 2. The molecule has 3 aromatic rings. The summed E-state index contributed by atoms with van der Waals surface area (Å²) in [5.74, 6) is -1.68. The molecule has 0 aliphatic heterocycles. The number of amides is 2. The molecule has 0 saturated heterocycles. The van der Waals surface area contributed by atoms with Crippen molar-refractivity contribution < 1.29 is 14.0 Å². The monoisotopic (exact) mass is 340 g/mol. The molecule has 0 aliphatic carbocycles. The predicted molar refractivity (Wildman–Crippen MR) is 87.2 cm³/mol. The summed E-state index contributed by atoms with van der Waals surface area (Å²) in [7, 11) is 0. The zero-order chi connectivity index (χ0) is 17.8. The van der Waals surface area contributed by atoms with E-state index in [0.29, 0.717) is 11.2 Å². The highest BCUT2D eigenvalue weighted by Gasteiger charge is 2.14. The fourth-order valence-corrected chi connectivity index (χ4v) is 2.21. The zero-order valence-electron chi connectivity index (χ0n) is 12.9. The standard InChI is InChI=1S/C17H13FN4O3/c18-12-6-4-11(5-7-12)9-15(23)20-21-16(24)13-10-19-14-3-1-2-8-22(14)17(13)25/h1-8,10H,9H2,(H,20,23)(H,21,24). The first-order chi connectivity index (χ1) is 12.0.